The number of nitrogens with zero attached hydrogens (tertiary/aromatic N) is 1. The Bertz CT molecular complexity index is 624. The number of ether oxygens (including phenoxy) is 1. The number of methoxy groups -OCH3 is 1. The Kier molecular flexibility index (Phi) is 5.65. The molecule has 0 atom stereocenters. The summed E-state index contributed by atoms with van der Waals surface area (Å²) >= 11 is 0. The number of benzene rings is 1. The van der Waals surface area contributed by atoms with Gasteiger partial charge in [-0.25, -0.2) is 0 Å². The third-order valence-electron chi connectivity index (χ3n) is 3.22. The highest BCUT2D eigenvalue weighted by Crippen LogP contribution is 2.13. The molecule has 1 aromatic heterocycles. The fraction of sp³-hybridized carbons (Fsp3) is 0.235. The van der Waals surface area contributed by atoms with Crippen molar-refractivity contribution in [2.24, 2.45) is 0 Å². The van der Waals surface area contributed by atoms with Crippen LogP contribution in [0.4, 0.5) is 5.69 Å². The van der Waals surface area contributed by atoms with Gasteiger partial charge in [-0.2, -0.15) is 0 Å². The molecule has 0 aliphatic heterocycles. The van der Waals surface area contributed by atoms with E-state index < -0.39 is 11.7 Å². The van der Waals surface area contributed by atoms with Crippen LogP contribution >= 0.6 is 0 Å². The molecule has 5 nitrogen and oxygen atoms in total. The van der Waals surface area contributed by atoms with Crippen molar-refractivity contribution in [3.05, 3.63) is 54.4 Å². The highest BCUT2D eigenvalue weighted by Gasteiger charge is 2.13. The molecule has 5 heteroatoms. The number of aryl methyl sites for hydroxylation is 1. The largest absolute Gasteiger partial charge is 0.497 e. The molecule has 0 radical (unpaired) electrons. The van der Waals surface area contributed by atoms with Crippen molar-refractivity contribution in [2.45, 2.75) is 19.3 Å². The molecular formula is C17H18N2O3. The van der Waals surface area contributed by atoms with Crippen LogP contribution in [0.1, 0.15) is 18.4 Å². The maximum absolute atomic E-state index is 11.8. The van der Waals surface area contributed by atoms with Crippen molar-refractivity contribution in [2.75, 3.05) is 12.4 Å². The van der Waals surface area contributed by atoms with E-state index in [2.05, 4.69) is 10.3 Å². The summed E-state index contributed by atoms with van der Waals surface area (Å²) < 4.78 is 5.09. The van der Waals surface area contributed by atoms with E-state index in [-0.39, 0.29) is 6.42 Å². The highest BCUT2D eigenvalue weighted by molar-refractivity contribution is 6.40. The minimum Gasteiger partial charge on any atom is -0.497 e. The van der Waals surface area contributed by atoms with Crippen LogP contribution in [0.5, 0.6) is 5.75 Å². The van der Waals surface area contributed by atoms with Crippen molar-refractivity contribution >= 4 is 17.4 Å². The number of nitrogens with one attached hydrogen (secondary N) is 1. The van der Waals surface area contributed by atoms with Gasteiger partial charge in [-0.15, -0.1) is 0 Å². The first-order valence-corrected chi connectivity index (χ1v) is 7.06. The number of ketones is 1. The molecule has 2 rings (SSSR count). The van der Waals surface area contributed by atoms with Crippen LogP contribution in [0.25, 0.3) is 0 Å². The molecule has 1 amide bonds. The zero-order valence-electron chi connectivity index (χ0n) is 12.4. The standard InChI is InChI=1S/C17H18N2O3/c1-22-15-7-5-13(6-8-15)3-2-4-16(20)17(21)19-14-9-11-18-12-10-14/h5-12H,2-4H2,1H3,(H,18,19,21). The average Bonchev–Trinajstić information content (AvgIpc) is 2.56. The van der Waals surface area contributed by atoms with Gasteiger partial charge in [0.05, 0.1) is 7.11 Å². The molecule has 0 unspecified atom stereocenters. The van der Waals surface area contributed by atoms with Gasteiger partial charge in [0, 0.05) is 24.5 Å². The first-order valence-electron chi connectivity index (χ1n) is 7.06. The number of aromatic nitrogens is 1. The van der Waals surface area contributed by atoms with Gasteiger partial charge in [0.2, 0.25) is 5.78 Å². The van der Waals surface area contributed by atoms with E-state index in [1.807, 2.05) is 24.3 Å². The fourth-order valence-electron chi connectivity index (χ4n) is 1.99. The first kappa shape index (κ1) is 15.7. The van der Waals surface area contributed by atoms with Crippen LogP contribution in [0, 0.1) is 0 Å². The van der Waals surface area contributed by atoms with E-state index >= 15 is 0 Å². The van der Waals surface area contributed by atoms with Gasteiger partial charge >= 0.3 is 0 Å². The van der Waals surface area contributed by atoms with Crippen molar-refractivity contribution in [1.82, 2.24) is 4.98 Å². The predicted octanol–water partition coefficient (Wildman–Crippen LogP) is 2.62. The summed E-state index contributed by atoms with van der Waals surface area (Å²) in [6.45, 7) is 0. The summed E-state index contributed by atoms with van der Waals surface area (Å²) in [4.78, 5) is 27.4. The molecule has 0 aliphatic rings. The Labute approximate surface area is 129 Å². The van der Waals surface area contributed by atoms with Crippen molar-refractivity contribution in [3.63, 3.8) is 0 Å². The van der Waals surface area contributed by atoms with Gasteiger partial charge in [-0.3, -0.25) is 14.6 Å². The molecule has 22 heavy (non-hydrogen) atoms. The predicted molar refractivity (Wildman–Crippen MR) is 83.8 cm³/mol. The summed E-state index contributed by atoms with van der Waals surface area (Å²) in [6.07, 6.45) is 4.73. The third-order valence-corrected chi connectivity index (χ3v) is 3.22. The summed E-state index contributed by atoms with van der Waals surface area (Å²) in [5.74, 6) is -0.192. The molecule has 0 bridgehead atoms. The maximum atomic E-state index is 11.8. The molecule has 1 aromatic carbocycles. The second kappa shape index (κ2) is 7.93. The number of anilines is 1. The van der Waals surface area contributed by atoms with Crippen LogP contribution in [0.3, 0.4) is 0 Å². The molecular weight excluding hydrogens is 280 g/mol. The smallest absolute Gasteiger partial charge is 0.291 e. The highest BCUT2D eigenvalue weighted by atomic mass is 16.5. The number of pyridine rings is 1. The number of hydrogen-bond acceptors (Lipinski definition) is 4. The van der Waals surface area contributed by atoms with E-state index in [9.17, 15) is 9.59 Å². The summed E-state index contributed by atoms with van der Waals surface area (Å²) in [6, 6.07) is 11.0. The molecule has 0 fully saturated rings. The van der Waals surface area contributed by atoms with Crippen molar-refractivity contribution in [1.29, 1.82) is 0 Å². The van der Waals surface area contributed by atoms with Gasteiger partial charge in [0.15, 0.2) is 0 Å². The minimum absolute atomic E-state index is 0.225. The lowest BCUT2D eigenvalue weighted by Gasteiger charge is -2.05. The van der Waals surface area contributed by atoms with Gasteiger partial charge in [0.1, 0.15) is 5.75 Å². The quantitative estimate of drug-likeness (QED) is 0.798. The molecule has 0 saturated carbocycles. The Hall–Kier alpha value is -2.69. The number of hydrogen-bond donors (Lipinski definition) is 1. The molecule has 0 spiro atoms. The molecule has 1 heterocycles. The second-order valence-corrected chi connectivity index (χ2v) is 4.81. The van der Waals surface area contributed by atoms with Crippen LogP contribution in [0.15, 0.2) is 48.8 Å². The number of carbonyl (C=O) groups excluding carboxylic acids is 2. The Balaban J connectivity index is 1.76. The maximum Gasteiger partial charge on any atom is 0.291 e. The molecule has 114 valence electrons. The number of rotatable bonds is 7. The monoisotopic (exact) mass is 298 g/mol. The molecule has 0 aliphatic carbocycles. The Morgan fingerprint density at radius 3 is 2.41 bits per heavy atom. The number of carbonyl (C=O) groups is 2. The van der Waals surface area contributed by atoms with Gasteiger partial charge in [0.25, 0.3) is 5.91 Å². The minimum atomic E-state index is -0.582. The molecule has 2 aromatic rings. The fourth-order valence-corrected chi connectivity index (χ4v) is 1.99. The zero-order chi connectivity index (χ0) is 15.8. The van der Waals surface area contributed by atoms with Crippen LogP contribution < -0.4 is 10.1 Å². The lowest BCUT2D eigenvalue weighted by atomic mass is 10.1. The van der Waals surface area contributed by atoms with E-state index in [0.29, 0.717) is 12.1 Å². The molecule has 0 saturated heterocycles. The van der Waals surface area contributed by atoms with Gasteiger partial charge < -0.3 is 10.1 Å². The third kappa shape index (κ3) is 4.70. The normalized spacial score (nSPS) is 10.0. The number of Topliss-reactive ketones (excluding diaryl/α,β-unsaturated/α-hetero) is 1. The number of amides is 1. The van der Waals surface area contributed by atoms with Crippen molar-refractivity contribution in [3.8, 4) is 5.75 Å². The Morgan fingerprint density at radius 1 is 1.09 bits per heavy atom. The van der Waals surface area contributed by atoms with Crippen LogP contribution in [-0.4, -0.2) is 23.8 Å². The van der Waals surface area contributed by atoms with Crippen LogP contribution in [-0.2, 0) is 16.0 Å². The van der Waals surface area contributed by atoms with E-state index in [0.717, 1.165) is 17.7 Å². The van der Waals surface area contributed by atoms with Gasteiger partial charge in [-0.05, 0) is 42.7 Å². The van der Waals surface area contributed by atoms with Crippen LogP contribution in [0.2, 0.25) is 0 Å². The van der Waals surface area contributed by atoms with E-state index in [1.54, 1.807) is 31.6 Å². The lowest BCUT2D eigenvalue weighted by Crippen LogP contribution is -2.22. The van der Waals surface area contributed by atoms with Crippen molar-refractivity contribution < 1.29 is 14.3 Å². The topological polar surface area (TPSA) is 68.3 Å². The van der Waals surface area contributed by atoms with Gasteiger partial charge in [-0.1, -0.05) is 12.1 Å². The zero-order valence-corrected chi connectivity index (χ0v) is 12.4. The second-order valence-electron chi connectivity index (χ2n) is 4.81. The van der Waals surface area contributed by atoms with E-state index in [1.165, 1.54) is 0 Å². The van der Waals surface area contributed by atoms with E-state index in [4.69, 9.17) is 4.74 Å². The lowest BCUT2D eigenvalue weighted by molar-refractivity contribution is -0.134. The Morgan fingerprint density at radius 2 is 1.77 bits per heavy atom. The first-order chi connectivity index (χ1) is 10.7. The summed E-state index contributed by atoms with van der Waals surface area (Å²) in [5, 5.41) is 2.56. The molecule has 1 N–H and O–H groups in total. The average molecular weight is 298 g/mol. The SMILES string of the molecule is COc1ccc(CCCC(=O)C(=O)Nc2ccncc2)cc1. The summed E-state index contributed by atoms with van der Waals surface area (Å²) in [7, 11) is 1.62. The summed E-state index contributed by atoms with van der Waals surface area (Å²) in [5.41, 5.74) is 1.69.